The quantitative estimate of drug-likeness (QED) is 0.777. The third-order valence-corrected chi connectivity index (χ3v) is 4.33. The number of benzene rings is 1. The molecule has 2 fully saturated rings. The zero-order valence-electron chi connectivity index (χ0n) is 12.4. The predicted molar refractivity (Wildman–Crippen MR) is 78.0 cm³/mol. The van der Waals surface area contributed by atoms with E-state index in [4.69, 9.17) is 4.74 Å². The van der Waals surface area contributed by atoms with E-state index in [-0.39, 0.29) is 12.0 Å². The molecule has 0 aliphatic carbocycles. The van der Waals surface area contributed by atoms with E-state index in [0.29, 0.717) is 12.6 Å². The Morgan fingerprint density at radius 2 is 1.90 bits per heavy atom. The molecule has 0 aromatic heterocycles. The first kappa shape index (κ1) is 13.6. The Balaban J connectivity index is 1.78. The van der Waals surface area contributed by atoms with Gasteiger partial charge in [-0.05, 0) is 33.0 Å². The van der Waals surface area contributed by atoms with E-state index in [2.05, 4.69) is 18.0 Å². The molecule has 2 aliphatic rings. The van der Waals surface area contributed by atoms with E-state index in [1.165, 1.54) is 0 Å². The lowest BCUT2D eigenvalue weighted by Gasteiger charge is -2.33. The number of likely N-dealkylation sites (tertiary alicyclic amines) is 1. The minimum Gasteiger partial charge on any atom is -0.373 e. The summed E-state index contributed by atoms with van der Waals surface area (Å²) in [5, 5.41) is 0. The lowest BCUT2D eigenvalue weighted by atomic mass is 10.1. The van der Waals surface area contributed by atoms with Gasteiger partial charge in [0, 0.05) is 25.2 Å². The van der Waals surface area contributed by atoms with Crippen LogP contribution in [0.3, 0.4) is 0 Å². The van der Waals surface area contributed by atoms with E-state index in [0.717, 1.165) is 36.4 Å². The second kappa shape index (κ2) is 5.19. The fourth-order valence-corrected chi connectivity index (χ4v) is 3.30. The number of nitrogens with zero attached hydrogens (tertiary/aromatic N) is 2. The van der Waals surface area contributed by atoms with Crippen LogP contribution >= 0.6 is 0 Å². The number of carbonyl (C=O) groups excluding carboxylic acids is 1. The number of hydrogen-bond acceptors (Lipinski definition) is 3. The normalized spacial score (nSPS) is 26.6. The molecule has 0 saturated carbocycles. The Labute approximate surface area is 120 Å². The van der Waals surface area contributed by atoms with E-state index in [1.54, 1.807) is 0 Å². The molecule has 0 bridgehead atoms. The van der Waals surface area contributed by atoms with Crippen LogP contribution in [0.25, 0.3) is 0 Å². The highest BCUT2D eigenvalue weighted by Crippen LogP contribution is 2.23. The second-order valence-corrected chi connectivity index (χ2v) is 6.04. The summed E-state index contributed by atoms with van der Waals surface area (Å²) in [4.78, 5) is 16.9. The highest BCUT2D eigenvalue weighted by molar-refractivity contribution is 5.94. The Morgan fingerprint density at radius 1 is 1.20 bits per heavy atom. The van der Waals surface area contributed by atoms with Crippen molar-refractivity contribution in [2.75, 3.05) is 33.3 Å². The number of hydrogen-bond donors (Lipinski definition) is 0. The SMILES string of the molecule is Cc1cc(C)cc(C(=O)N2C[C@@H]3OCCN(C)[C@@H]3C2)c1. The van der Waals surface area contributed by atoms with Crippen LogP contribution < -0.4 is 0 Å². The molecule has 2 heterocycles. The minimum atomic E-state index is 0.128. The maximum Gasteiger partial charge on any atom is 0.254 e. The average molecular weight is 274 g/mol. The average Bonchev–Trinajstić information content (AvgIpc) is 2.82. The van der Waals surface area contributed by atoms with Crippen LogP contribution in [0.1, 0.15) is 21.5 Å². The minimum absolute atomic E-state index is 0.128. The van der Waals surface area contributed by atoms with E-state index < -0.39 is 0 Å². The van der Waals surface area contributed by atoms with Crippen LogP contribution in [0.4, 0.5) is 0 Å². The van der Waals surface area contributed by atoms with Gasteiger partial charge in [-0.15, -0.1) is 0 Å². The van der Waals surface area contributed by atoms with Gasteiger partial charge in [0.2, 0.25) is 0 Å². The van der Waals surface area contributed by atoms with Crippen molar-refractivity contribution < 1.29 is 9.53 Å². The van der Waals surface area contributed by atoms with Crippen molar-refractivity contribution in [3.05, 3.63) is 34.9 Å². The van der Waals surface area contributed by atoms with Crippen molar-refractivity contribution in [3.63, 3.8) is 0 Å². The summed E-state index contributed by atoms with van der Waals surface area (Å²) in [5.41, 5.74) is 3.07. The molecule has 0 N–H and O–H groups in total. The summed E-state index contributed by atoms with van der Waals surface area (Å²) in [5.74, 6) is 0.128. The predicted octanol–water partition coefficient (Wildman–Crippen LogP) is 1.46. The highest BCUT2D eigenvalue weighted by Gasteiger charge is 2.40. The molecule has 2 aliphatic heterocycles. The molecule has 1 aromatic carbocycles. The number of amides is 1. The molecule has 108 valence electrons. The zero-order chi connectivity index (χ0) is 14.3. The summed E-state index contributed by atoms with van der Waals surface area (Å²) in [6.45, 7) is 7.26. The number of aryl methyl sites for hydroxylation is 2. The lowest BCUT2D eigenvalue weighted by Crippen LogP contribution is -2.48. The molecule has 4 heteroatoms. The van der Waals surface area contributed by atoms with Gasteiger partial charge in [-0.25, -0.2) is 0 Å². The third kappa shape index (κ3) is 2.45. The van der Waals surface area contributed by atoms with Gasteiger partial charge >= 0.3 is 0 Å². The first-order valence-corrected chi connectivity index (χ1v) is 7.24. The van der Waals surface area contributed by atoms with Gasteiger partial charge in [0.15, 0.2) is 0 Å². The van der Waals surface area contributed by atoms with Gasteiger partial charge in [-0.3, -0.25) is 9.69 Å². The van der Waals surface area contributed by atoms with E-state index in [1.807, 2.05) is 30.9 Å². The summed E-state index contributed by atoms with van der Waals surface area (Å²) >= 11 is 0. The smallest absolute Gasteiger partial charge is 0.254 e. The van der Waals surface area contributed by atoms with Crippen molar-refractivity contribution in [1.29, 1.82) is 0 Å². The van der Waals surface area contributed by atoms with Crippen LogP contribution in [0.5, 0.6) is 0 Å². The summed E-state index contributed by atoms with van der Waals surface area (Å²) in [6.07, 6.45) is 0.170. The van der Waals surface area contributed by atoms with Crippen molar-refractivity contribution in [3.8, 4) is 0 Å². The molecule has 4 nitrogen and oxygen atoms in total. The monoisotopic (exact) mass is 274 g/mol. The first-order valence-electron chi connectivity index (χ1n) is 7.24. The van der Waals surface area contributed by atoms with Gasteiger partial charge in [0.1, 0.15) is 0 Å². The van der Waals surface area contributed by atoms with Crippen LogP contribution in [0.15, 0.2) is 18.2 Å². The topological polar surface area (TPSA) is 32.8 Å². The molecular weight excluding hydrogens is 252 g/mol. The number of likely N-dealkylation sites (N-methyl/N-ethyl adjacent to an activating group) is 1. The molecule has 2 saturated heterocycles. The third-order valence-electron chi connectivity index (χ3n) is 4.33. The fourth-order valence-electron chi connectivity index (χ4n) is 3.30. The lowest BCUT2D eigenvalue weighted by molar-refractivity contribution is -0.0368. The summed E-state index contributed by atoms with van der Waals surface area (Å²) in [6, 6.07) is 6.39. The summed E-state index contributed by atoms with van der Waals surface area (Å²) < 4.78 is 5.80. The number of morpholine rings is 1. The van der Waals surface area contributed by atoms with E-state index in [9.17, 15) is 4.79 Å². The summed E-state index contributed by atoms with van der Waals surface area (Å²) in [7, 11) is 2.12. The van der Waals surface area contributed by atoms with Crippen LogP contribution in [0, 0.1) is 13.8 Å². The number of rotatable bonds is 1. The van der Waals surface area contributed by atoms with Crippen LogP contribution in [0.2, 0.25) is 0 Å². The maximum atomic E-state index is 12.7. The van der Waals surface area contributed by atoms with Gasteiger partial charge in [-0.1, -0.05) is 17.2 Å². The Morgan fingerprint density at radius 3 is 2.55 bits per heavy atom. The molecule has 1 aromatic rings. The fraction of sp³-hybridized carbons (Fsp3) is 0.562. The molecule has 3 rings (SSSR count). The first-order chi connectivity index (χ1) is 9.54. The van der Waals surface area contributed by atoms with Gasteiger partial charge in [-0.2, -0.15) is 0 Å². The number of carbonyl (C=O) groups is 1. The number of ether oxygens (including phenoxy) is 1. The van der Waals surface area contributed by atoms with Crippen molar-refractivity contribution in [2.24, 2.45) is 0 Å². The maximum absolute atomic E-state index is 12.7. The largest absolute Gasteiger partial charge is 0.373 e. The van der Waals surface area contributed by atoms with E-state index >= 15 is 0 Å². The Kier molecular flexibility index (Phi) is 3.52. The van der Waals surface area contributed by atoms with Crippen molar-refractivity contribution in [1.82, 2.24) is 9.80 Å². The molecule has 0 radical (unpaired) electrons. The Bertz CT molecular complexity index is 509. The van der Waals surface area contributed by atoms with Gasteiger partial charge in [0.05, 0.1) is 18.8 Å². The van der Waals surface area contributed by atoms with Crippen molar-refractivity contribution in [2.45, 2.75) is 26.0 Å². The number of fused-ring (bicyclic) bond motifs is 1. The standard InChI is InChI=1S/C16H22N2O2/c1-11-6-12(2)8-13(7-11)16(19)18-9-14-15(10-18)20-5-4-17(14)3/h6-8,14-15H,4-5,9-10H2,1-3H3/t14-,15+/m1/s1. The van der Waals surface area contributed by atoms with Gasteiger partial charge < -0.3 is 9.64 Å². The van der Waals surface area contributed by atoms with Crippen LogP contribution in [-0.4, -0.2) is 61.1 Å². The molecule has 20 heavy (non-hydrogen) atoms. The van der Waals surface area contributed by atoms with Gasteiger partial charge in [0.25, 0.3) is 5.91 Å². The molecule has 1 amide bonds. The molecule has 0 spiro atoms. The molecule has 2 atom stereocenters. The molecule has 0 unspecified atom stereocenters. The van der Waals surface area contributed by atoms with Crippen LogP contribution in [-0.2, 0) is 4.74 Å². The second-order valence-electron chi connectivity index (χ2n) is 6.04. The highest BCUT2D eigenvalue weighted by atomic mass is 16.5. The zero-order valence-corrected chi connectivity index (χ0v) is 12.4. The van der Waals surface area contributed by atoms with Crippen molar-refractivity contribution >= 4 is 5.91 Å². The Hall–Kier alpha value is -1.39. The molecular formula is C16H22N2O2.